The lowest BCUT2D eigenvalue weighted by Gasteiger charge is -2.13. The lowest BCUT2D eigenvalue weighted by molar-refractivity contribution is 0.317. The maximum atomic E-state index is 10.1. The molecule has 3 heteroatoms. The van der Waals surface area contributed by atoms with E-state index in [0.717, 1.165) is 11.3 Å². The van der Waals surface area contributed by atoms with Crippen LogP contribution < -0.4 is 10.1 Å². The van der Waals surface area contributed by atoms with E-state index in [9.17, 15) is 5.11 Å². The van der Waals surface area contributed by atoms with E-state index < -0.39 is 0 Å². The SMILES string of the molecule is CCOc1cccc(CNc2ccc(C)cc2C)c1O. The summed E-state index contributed by atoms with van der Waals surface area (Å²) in [5.41, 5.74) is 4.35. The Labute approximate surface area is 120 Å². The zero-order valence-corrected chi connectivity index (χ0v) is 12.2. The summed E-state index contributed by atoms with van der Waals surface area (Å²) in [5.74, 6) is 0.749. The molecule has 20 heavy (non-hydrogen) atoms. The number of ether oxygens (including phenoxy) is 1. The van der Waals surface area contributed by atoms with Crippen LogP contribution >= 0.6 is 0 Å². The highest BCUT2D eigenvalue weighted by molar-refractivity contribution is 5.54. The van der Waals surface area contributed by atoms with Crippen LogP contribution in [0, 0.1) is 13.8 Å². The zero-order chi connectivity index (χ0) is 14.5. The molecule has 0 bridgehead atoms. The number of rotatable bonds is 5. The Kier molecular flexibility index (Phi) is 4.51. The normalized spacial score (nSPS) is 10.3. The first-order valence-corrected chi connectivity index (χ1v) is 6.86. The highest BCUT2D eigenvalue weighted by Gasteiger charge is 2.08. The minimum Gasteiger partial charge on any atom is -0.504 e. The Morgan fingerprint density at radius 3 is 2.65 bits per heavy atom. The van der Waals surface area contributed by atoms with Crippen LogP contribution in [0.1, 0.15) is 23.6 Å². The number of para-hydroxylation sites is 1. The number of anilines is 1. The molecule has 0 amide bonds. The van der Waals surface area contributed by atoms with Crippen LogP contribution in [0.4, 0.5) is 5.69 Å². The fourth-order valence-electron chi connectivity index (χ4n) is 2.18. The van der Waals surface area contributed by atoms with Crippen molar-refractivity contribution in [2.75, 3.05) is 11.9 Å². The van der Waals surface area contributed by atoms with Gasteiger partial charge in [-0.3, -0.25) is 0 Å². The van der Waals surface area contributed by atoms with E-state index in [-0.39, 0.29) is 5.75 Å². The standard InChI is InChI=1S/C17H21NO2/c1-4-20-16-7-5-6-14(17(16)19)11-18-15-9-8-12(2)10-13(15)3/h5-10,18-19H,4,11H2,1-3H3. The summed E-state index contributed by atoms with van der Waals surface area (Å²) < 4.78 is 5.39. The maximum absolute atomic E-state index is 10.1. The molecular formula is C17H21NO2. The Balaban J connectivity index is 2.12. The lowest BCUT2D eigenvalue weighted by Crippen LogP contribution is -2.02. The number of aryl methyl sites for hydroxylation is 2. The molecule has 0 saturated carbocycles. The molecule has 0 radical (unpaired) electrons. The van der Waals surface area contributed by atoms with Crippen LogP contribution in [0.25, 0.3) is 0 Å². The van der Waals surface area contributed by atoms with Crippen LogP contribution in [0.3, 0.4) is 0 Å². The molecule has 0 aliphatic heterocycles. The first-order chi connectivity index (χ1) is 9.61. The topological polar surface area (TPSA) is 41.5 Å². The van der Waals surface area contributed by atoms with Gasteiger partial charge in [0.15, 0.2) is 11.5 Å². The van der Waals surface area contributed by atoms with E-state index in [1.165, 1.54) is 11.1 Å². The van der Waals surface area contributed by atoms with E-state index in [4.69, 9.17) is 4.74 Å². The molecule has 2 aromatic rings. The quantitative estimate of drug-likeness (QED) is 0.863. The Morgan fingerprint density at radius 2 is 1.95 bits per heavy atom. The fourth-order valence-corrected chi connectivity index (χ4v) is 2.18. The van der Waals surface area contributed by atoms with Crippen molar-refractivity contribution in [2.45, 2.75) is 27.3 Å². The second-order valence-electron chi connectivity index (χ2n) is 4.87. The molecule has 106 valence electrons. The molecule has 0 saturated heterocycles. The summed E-state index contributed by atoms with van der Waals surface area (Å²) in [4.78, 5) is 0. The zero-order valence-electron chi connectivity index (χ0n) is 12.2. The number of hydrogen-bond acceptors (Lipinski definition) is 3. The molecule has 0 atom stereocenters. The average Bonchev–Trinajstić information content (AvgIpc) is 2.42. The average molecular weight is 271 g/mol. The molecule has 0 heterocycles. The van der Waals surface area contributed by atoms with Crippen LogP contribution in [0.2, 0.25) is 0 Å². The largest absolute Gasteiger partial charge is 0.504 e. The number of hydrogen-bond donors (Lipinski definition) is 2. The first kappa shape index (κ1) is 14.3. The maximum Gasteiger partial charge on any atom is 0.162 e. The van der Waals surface area contributed by atoms with E-state index in [1.807, 2.05) is 19.1 Å². The highest BCUT2D eigenvalue weighted by Crippen LogP contribution is 2.30. The molecule has 0 fully saturated rings. The number of phenolic OH excluding ortho intramolecular Hbond substituents is 1. The van der Waals surface area contributed by atoms with Crippen molar-refractivity contribution >= 4 is 5.69 Å². The Hall–Kier alpha value is -2.16. The summed E-state index contributed by atoms with van der Waals surface area (Å²) >= 11 is 0. The lowest BCUT2D eigenvalue weighted by atomic mass is 10.1. The van der Waals surface area contributed by atoms with Crippen molar-refractivity contribution in [1.82, 2.24) is 0 Å². The molecule has 0 unspecified atom stereocenters. The number of nitrogens with one attached hydrogen (secondary N) is 1. The molecule has 2 rings (SSSR count). The van der Waals surface area contributed by atoms with Crippen molar-refractivity contribution in [1.29, 1.82) is 0 Å². The third-order valence-electron chi connectivity index (χ3n) is 3.23. The second-order valence-corrected chi connectivity index (χ2v) is 4.87. The smallest absolute Gasteiger partial charge is 0.162 e. The predicted molar refractivity (Wildman–Crippen MR) is 82.5 cm³/mol. The van der Waals surface area contributed by atoms with Gasteiger partial charge in [0.05, 0.1) is 6.61 Å². The van der Waals surface area contributed by atoms with Gasteiger partial charge < -0.3 is 15.2 Å². The predicted octanol–water partition coefficient (Wildman–Crippen LogP) is 4.02. The van der Waals surface area contributed by atoms with Crippen molar-refractivity contribution in [3.8, 4) is 11.5 Å². The monoisotopic (exact) mass is 271 g/mol. The van der Waals surface area contributed by atoms with Gasteiger partial charge in [-0.25, -0.2) is 0 Å². The van der Waals surface area contributed by atoms with Gasteiger partial charge in [0, 0.05) is 17.8 Å². The van der Waals surface area contributed by atoms with E-state index in [1.54, 1.807) is 6.07 Å². The van der Waals surface area contributed by atoms with Crippen molar-refractivity contribution in [3.05, 3.63) is 53.1 Å². The van der Waals surface area contributed by atoms with Crippen LogP contribution in [-0.4, -0.2) is 11.7 Å². The third-order valence-corrected chi connectivity index (χ3v) is 3.23. The van der Waals surface area contributed by atoms with Gasteiger partial charge >= 0.3 is 0 Å². The van der Waals surface area contributed by atoms with Gasteiger partial charge in [-0.05, 0) is 38.5 Å². The van der Waals surface area contributed by atoms with Gasteiger partial charge in [-0.2, -0.15) is 0 Å². The number of benzene rings is 2. The molecule has 0 aromatic heterocycles. The third kappa shape index (κ3) is 3.23. The van der Waals surface area contributed by atoms with Crippen LogP contribution in [0.15, 0.2) is 36.4 Å². The summed E-state index contributed by atoms with van der Waals surface area (Å²) in [6.45, 7) is 7.16. The second kappa shape index (κ2) is 6.33. The summed E-state index contributed by atoms with van der Waals surface area (Å²) in [6.07, 6.45) is 0. The minimum absolute atomic E-state index is 0.214. The van der Waals surface area contributed by atoms with Crippen LogP contribution in [-0.2, 0) is 6.54 Å². The Morgan fingerprint density at radius 1 is 1.15 bits per heavy atom. The van der Waals surface area contributed by atoms with Gasteiger partial charge in [0.1, 0.15) is 0 Å². The molecule has 2 aromatic carbocycles. The summed E-state index contributed by atoms with van der Waals surface area (Å²) in [6, 6.07) is 11.8. The first-order valence-electron chi connectivity index (χ1n) is 6.86. The molecule has 3 nitrogen and oxygen atoms in total. The van der Waals surface area contributed by atoms with Gasteiger partial charge in [-0.15, -0.1) is 0 Å². The number of phenols is 1. The van der Waals surface area contributed by atoms with Gasteiger partial charge in [0.25, 0.3) is 0 Å². The van der Waals surface area contributed by atoms with Crippen molar-refractivity contribution in [2.24, 2.45) is 0 Å². The molecule has 0 spiro atoms. The molecule has 2 N–H and O–H groups in total. The van der Waals surface area contributed by atoms with Gasteiger partial charge in [0.2, 0.25) is 0 Å². The van der Waals surface area contributed by atoms with E-state index in [0.29, 0.717) is 18.9 Å². The molecular weight excluding hydrogens is 250 g/mol. The van der Waals surface area contributed by atoms with Crippen LogP contribution in [0.5, 0.6) is 11.5 Å². The van der Waals surface area contributed by atoms with Crippen molar-refractivity contribution < 1.29 is 9.84 Å². The molecule has 0 aliphatic carbocycles. The fraction of sp³-hybridized carbons (Fsp3) is 0.294. The highest BCUT2D eigenvalue weighted by atomic mass is 16.5. The minimum atomic E-state index is 0.214. The van der Waals surface area contributed by atoms with Gasteiger partial charge in [-0.1, -0.05) is 29.8 Å². The summed E-state index contributed by atoms with van der Waals surface area (Å²) in [7, 11) is 0. The Bertz CT molecular complexity index is 594. The van der Waals surface area contributed by atoms with Crippen molar-refractivity contribution in [3.63, 3.8) is 0 Å². The summed E-state index contributed by atoms with van der Waals surface area (Å²) in [5, 5.41) is 13.5. The van der Waals surface area contributed by atoms with E-state index >= 15 is 0 Å². The van der Waals surface area contributed by atoms with E-state index in [2.05, 4.69) is 37.4 Å². The molecule has 0 aliphatic rings. The number of aromatic hydroxyl groups is 1.